The Morgan fingerprint density at radius 1 is 1.23 bits per heavy atom. The fourth-order valence-corrected chi connectivity index (χ4v) is 0.857. The van der Waals surface area contributed by atoms with Crippen LogP contribution in [0.5, 0.6) is 5.75 Å². The SMILES string of the molecule is COCOc1ccc(COC)nc1. The number of ether oxygens (including phenoxy) is 3. The van der Waals surface area contributed by atoms with Crippen molar-refractivity contribution < 1.29 is 14.2 Å². The lowest BCUT2D eigenvalue weighted by atomic mass is 10.3. The highest BCUT2D eigenvalue weighted by Gasteiger charge is 1.95. The van der Waals surface area contributed by atoms with Gasteiger partial charge in [0.1, 0.15) is 5.75 Å². The molecule has 1 aromatic rings. The van der Waals surface area contributed by atoms with Gasteiger partial charge in [-0.1, -0.05) is 0 Å². The van der Waals surface area contributed by atoms with Gasteiger partial charge < -0.3 is 14.2 Å². The Hall–Kier alpha value is -1.13. The first-order valence-electron chi connectivity index (χ1n) is 3.92. The molecule has 0 N–H and O–H groups in total. The van der Waals surface area contributed by atoms with Crippen LogP contribution in [0.1, 0.15) is 5.69 Å². The third-order valence-corrected chi connectivity index (χ3v) is 1.43. The minimum absolute atomic E-state index is 0.241. The van der Waals surface area contributed by atoms with Crippen LogP contribution in [0, 0.1) is 0 Å². The molecule has 72 valence electrons. The predicted octanol–water partition coefficient (Wildman–Crippen LogP) is 1.21. The van der Waals surface area contributed by atoms with E-state index in [-0.39, 0.29) is 6.79 Å². The van der Waals surface area contributed by atoms with E-state index in [1.54, 1.807) is 20.4 Å². The van der Waals surface area contributed by atoms with E-state index in [1.807, 2.05) is 12.1 Å². The maximum atomic E-state index is 5.16. The van der Waals surface area contributed by atoms with Gasteiger partial charge in [0.2, 0.25) is 0 Å². The van der Waals surface area contributed by atoms with Crippen molar-refractivity contribution in [1.82, 2.24) is 4.98 Å². The lowest BCUT2D eigenvalue weighted by Gasteiger charge is -2.04. The maximum absolute atomic E-state index is 5.16. The molecule has 0 bridgehead atoms. The summed E-state index contributed by atoms with van der Waals surface area (Å²) in [6, 6.07) is 3.69. The first-order valence-corrected chi connectivity index (χ1v) is 3.92. The number of nitrogens with zero attached hydrogens (tertiary/aromatic N) is 1. The van der Waals surface area contributed by atoms with Crippen LogP contribution in [0.3, 0.4) is 0 Å². The van der Waals surface area contributed by atoms with Crippen LogP contribution in [0.2, 0.25) is 0 Å². The highest BCUT2D eigenvalue weighted by Crippen LogP contribution is 2.09. The lowest BCUT2D eigenvalue weighted by Crippen LogP contribution is -2.00. The Morgan fingerprint density at radius 2 is 2.08 bits per heavy atom. The average Bonchev–Trinajstić information content (AvgIpc) is 2.17. The van der Waals surface area contributed by atoms with Gasteiger partial charge in [-0.2, -0.15) is 0 Å². The molecule has 0 saturated carbocycles. The fraction of sp³-hybridized carbons (Fsp3) is 0.444. The number of hydrogen-bond acceptors (Lipinski definition) is 4. The molecular formula is C9H13NO3. The third kappa shape index (κ3) is 3.40. The van der Waals surface area contributed by atoms with E-state index in [2.05, 4.69) is 4.98 Å². The van der Waals surface area contributed by atoms with Crippen LogP contribution in [-0.4, -0.2) is 26.0 Å². The van der Waals surface area contributed by atoms with Crippen molar-refractivity contribution in [2.45, 2.75) is 6.61 Å². The largest absolute Gasteiger partial charge is 0.466 e. The average molecular weight is 183 g/mol. The summed E-state index contributed by atoms with van der Waals surface area (Å²) in [7, 11) is 3.21. The molecule has 0 aromatic carbocycles. The fourth-order valence-electron chi connectivity index (χ4n) is 0.857. The zero-order chi connectivity index (χ0) is 9.52. The van der Waals surface area contributed by atoms with Crippen molar-refractivity contribution in [1.29, 1.82) is 0 Å². The Kier molecular flexibility index (Phi) is 4.21. The quantitative estimate of drug-likeness (QED) is 0.643. The maximum Gasteiger partial charge on any atom is 0.188 e. The Morgan fingerprint density at radius 3 is 2.62 bits per heavy atom. The van der Waals surface area contributed by atoms with E-state index in [9.17, 15) is 0 Å². The van der Waals surface area contributed by atoms with Crippen molar-refractivity contribution in [3.05, 3.63) is 24.0 Å². The van der Waals surface area contributed by atoms with E-state index in [1.165, 1.54) is 0 Å². The topological polar surface area (TPSA) is 40.6 Å². The Labute approximate surface area is 77.5 Å². The zero-order valence-corrected chi connectivity index (χ0v) is 7.82. The van der Waals surface area contributed by atoms with Gasteiger partial charge in [0, 0.05) is 14.2 Å². The van der Waals surface area contributed by atoms with Crippen molar-refractivity contribution in [3.8, 4) is 5.75 Å². The van der Waals surface area contributed by atoms with Crippen molar-refractivity contribution in [3.63, 3.8) is 0 Å². The van der Waals surface area contributed by atoms with E-state index < -0.39 is 0 Å². The van der Waals surface area contributed by atoms with Gasteiger partial charge in [-0.05, 0) is 12.1 Å². The van der Waals surface area contributed by atoms with Crippen molar-refractivity contribution in [2.75, 3.05) is 21.0 Å². The third-order valence-electron chi connectivity index (χ3n) is 1.43. The molecule has 0 spiro atoms. The molecule has 0 aliphatic heterocycles. The molecule has 0 radical (unpaired) electrons. The molecular weight excluding hydrogens is 170 g/mol. The van der Waals surface area contributed by atoms with Gasteiger partial charge >= 0.3 is 0 Å². The molecule has 4 heteroatoms. The van der Waals surface area contributed by atoms with E-state index >= 15 is 0 Å². The zero-order valence-electron chi connectivity index (χ0n) is 7.82. The summed E-state index contributed by atoms with van der Waals surface area (Å²) in [6.45, 7) is 0.760. The second-order valence-corrected chi connectivity index (χ2v) is 2.47. The molecule has 0 unspecified atom stereocenters. The molecule has 0 aliphatic carbocycles. The molecule has 1 heterocycles. The second-order valence-electron chi connectivity index (χ2n) is 2.47. The normalized spacial score (nSPS) is 10.0. The highest BCUT2D eigenvalue weighted by atomic mass is 16.7. The predicted molar refractivity (Wildman–Crippen MR) is 47.5 cm³/mol. The summed E-state index contributed by atoms with van der Waals surface area (Å²) in [5.41, 5.74) is 0.882. The van der Waals surface area contributed by atoms with Crippen LogP contribution in [0.25, 0.3) is 0 Å². The van der Waals surface area contributed by atoms with Crippen LogP contribution in [0.4, 0.5) is 0 Å². The smallest absolute Gasteiger partial charge is 0.188 e. The van der Waals surface area contributed by atoms with Gasteiger partial charge in [-0.3, -0.25) is 4.98 Å². The van der Waals surface area contributed by atoms with Crippen LogP contribution in [0.15, 0.2) is 18.3 Å². The Bertz CT molecular complexity index is 235. The first kappa shape index (κ1) is 9.95. The van der Waals surface area contributed by atoms with Crippen LogP contribution < -0.4 is 4.74 Å². The number of rotatable bonds is 5. The molecule has 0 saturated heterocycles. The Balaban J connectivity index is 2.48. The van der Waals surface area contributed by atoms with Gasteiger partial charge in [0.25, 0.3) is 0 Å². The number of pyridine rings is 1. The van der Waals surface area contributed by atoms with Gasteiger partial charge in [-0.25, -0.2) is 0 Å². The number of hydrogen-bond donors (Lipinski definition) is 0. The summed E-state index contributed by atoms with van der Waals surface area (Å²) in [5, 5.41) is 0. The van der Waals surface area contributed by atoms with Gasteiger partial charge in [-0.15, -0.1) is 0 Å². The lowest BCUT2D eigenvalue weighted by molar-refractivity contribution is 0.0508. The van der Waals surface area contributed by atoms with E-state index in [0.717, 1.165) is 5.69 Å². The summed E-state index contributed by atoms with van der Waals surface area (Å²) in [5.74, 6) is 0.696. The molecule has 13 heavy (non-hydrogen) atoms. The van der Waals surface area contributed by atoms with Crippen molar-refractivity contribution in [2.24, 2.45) is 0 Å². The van der Waals surface area contributed by atoms with Gasteiger partial charge in [0.05, 0.1) is 18.5 Å². The summed E-state index contributed by atoms with van der Waals surface area (Å²) in [4.78, 5) is 4.12. The van der Waals surface area contributed by atoms with Crippen LogP contribution in [-0.2, 0) is 16.1 Å². The number of methoxy groups -OCH3 is 2. The number of aromatic nitrogens is 1. The molecule has 0 amide bonds. The molecule has 0 fully saturated rings. The molecule has 4 nitrogen and oxygen atoms in total. The molecule has 1 aromatic heterocycles. The minimum Gasteiger partial charge on any atom is -0.466 e. The van der Waals surface area contributed by atoms with Crippen molar-refractivity contribution >= 4 is 0 Å². The highest BCUT2D eigenvalue weighted by molar-refractivity contribution is 5.19. The molecule has 0 atom stereocenters. The summed E-state index contributed by atoms with van der Waals surface area (Å²) in [6.07, 6.45) is 1.65. The molecule has 1 rings (SSSR count). The summed E-state index contributed by atoms with van der Waals surface area (Å²) < 4.78 is 14.8. The van der Waals surface area contributed by atoms with Gasteiger partial charge in [0.15, 0.2) is 6.79 Å². The summed E-state index contributed by atoms with van der Waals surface area (Å²) >= 11 is 0. The van der Waals surface area contributed by atoms with Crippen LogP contribution >= 0.6 is 0 Å². The second kappa shape index (κ2) is 5.50. The molecule has 0 aliphatic rings. The van der Waals surface area contributed by atoms with E-state index in [0.29, 0.717) is 12.4 Å². The monoisotopic (exact) mass is 183 g/mol. The standard InChI is InChI=1S/C9H13NO3/c1-11-6-8-3-4-9(5-10-8)13-7-12-2/h3-5H,6-7H2,1-2H3. The first-order chi connectivity index (χ1) is 6.36. The van der Waals surface area contributed by atoms with E-state index in [4.69, 9.17) is 14.2 Å². The minimum atomic E-state index is 0.241.